The molecule has 182 valence electrons. The van der Waals surface area contributed by atoms with E-state index in [0.29, 0.717) is 5.01 Å². The molecule has 4 rings (SSSR count). The number of nitrogens with one attached hydrogen (secondary N) is 1. The van der Waals surface area contributed by atoms with Crippen molar-refractivity contribution < 1.29 is 32.4 Å². The summed E-state index contributed by atoms with van der Waals surface area (Å²) in [6.45, 7) is -0.352. The SMILES string of the molecule is COC(=O)C1=C(Nc2ccc(C=Cc3nc4ccccc4s3)c(S(=O)(=O)O)c2)C(=O)N(CCO)C1. The molecule has 2 aromatic carbocycles. The molecule has 0 atom stereocenters. The second kappa shape index (κ2) is 9.96. The first-order valence-corrected chi connectivity index (χ1v) is 12.6. The van der Waals surface area contributed by atoms with Gasteiger partial charge in [0.15, 0.2) is 0 Å². The maximum atomic E-state index is 12.7. The van der Waals surface area contributed by atoms with Gasteiger partial charge in [-0.1, -0.05) is 24.3 Å². The van der Waals surface area contributed by atoms with Crippen LogP contribution in [0.25, 0.3) is 22.4 Å². The number of thiazole rings is 1. The lowest BCUT2D eigenvalue weighted by Crippen LogP contribution is -2.31. The van der Waals surface area contributed by atoms with Crippen molar-refractivity contribution in [3.8, 4) is 0 Å². The molecule has 0 bridgehead atoms. The molecule has 12 heteroatoms. The summed E-state index contributed by atoms with van der Waals surface area (Å²) in [6.07, 6.45) is 3.17. The number of aromatic nitrogens is 1. The Bertz CT molecular complexity index is 1440. The first kappa shape index (κ1) is 24.5. The minimum atomic E-state index is -4.63. The number of benzene rings is 2. The van der Waals surface area contributed by atoms with Crippen LogP contribution in [0.5, 0.6) is 0 Å². The van der Waals surface area contributed by atoms with E-state index < -0.39 is 26.9 Å². The topological polar surface area (TPSA) is 146 Å². The van der Waals surface area contributed by atoms with Crippen molar-refractivity contribution in [2.75, 3.05) is 32.1 Å². The van der Waals surface area contributed by atoms with E-state index in [-0.39, 0.29) is 42.2 Å². The maximum absolute atomic E-state index is 12.7. The van der Waals surface area contributed by atoms with Gasteiger partial charge in [-0.05, 0) is 35.9 Å². The fourth-order valence-electron chi connectivity index (χ4n) is 3.59. The van der Waals surface area contributed by atoms with E-state index in [1.807, 2.05) is 24.3 Å². The number of carbonyl (C=O) groups excluding carboxylic acids is 2. The molecule has 0 fully saturated rings. The van der Waals surface area contributed by atoms with Gasteiger partial charge in [-0.25, -0.2) is 9.78 Å². The Morgan fingerprint density at radius 2 is 2.03 bits per heavy atom. The first-order valence-electron chi connectivity index (χ1n) is 10.3. The molecule has 1 aliphatic rings. The summed E-state index contributed by atoms with van der Waals surface area (Å²) in [7, 11) is -3.45. The third-order valence-electron chi connectivity index (χ3n) is 5.23. The Labute approximate surface area is 204 Å². The van der Waals surface area contributed by atoms with Crippen molar-refractivity contribution in [3.05, 3.63) is 64.3 Å². The van der Waals surface area contributed by atoms with Crippen molar-refractivity contribution in [2.45, 2.75) is 4.90 Å². The summed E-state index contributed by atoms with van der Waals surface area (Å²) in [5.74, 6) is -1.28. The molecule has 0 aliphatic carbocycles. The van der Waals surface area contributed by atoms with Gasteiger partial charge >= 0.3 is 5.97 Å². The molecule has 0 spiro atoms. The number of β-amino-alcohol motifs (C(OH)–C–C–N with tert-alkyl or cyclic N) is 1. The Morgan fingerprint density at radius 3 is 2.71 bits per heavy atom. The van der Waals surface area contributed by atoms with Crippen molar-refractivity contribution in [3.63, 3.8) is 0 Å². The van der Waals surface area contributed by atoms with Crippen LogP contribution in [0.3, 0.4) is 0 Å². The van der Waals surface area contributed by atoms with E-state index >= 15 is 0 Å². The van der Waals surface area contributed by atoms with Crippen molar-refractivity contribution in [2.24, 2.45) is 0 Å². The van der Waals surface area contributed by atoms with Gasteiger partial charge in [0.2, 0.25) is 0 Å². The largest absolute Gasteiger partial charge is 0.466 e. The highest BCUT2D eigenvalue weighted by Crippen LogP contribution is 2.28. The highest BCUT2D eigenvalue weighted by atomic mass is 32.2. The predicted molar refractivity (Wildman–Crippen MR) is 131 cm³/mol. The van der Waals surface area contributed by atoms with E-state index in [1.54, 1.807) is 6.08 Å². The first-order chi connectivity index (χ1) is 16.7. The molecule has 0 radical (unpaired) electrons. The Hall–Kier alpha value is -3.58. The molecule has 2 heterocycles. The van der Waals surface area contributed by atoms with Gasteiger partial charge in [-0.3, -0.25) is 9.35 Å². The lowest BCUT2D eigenvalue weighted by atomic mass is 10.1. The summed E-state index contributed by atoms with van der Waals surface area (Å²) >= 11 is 1.43. The number of esters is 1. The minimum absolute atomic E-state index is 0.0102. The number of amides is 1. The molecule has 10 nitrogen and oxygen atoms in total. The Kier molecular flexibility index (Phi) is 6.98. The Balaban J connectivity index is 1.67. The zero-order chi connectivity index (χ0) is 25.2. The molecular formula is C23H21N3O7S2. The van der Waals surface area contributed by atoms with E-state index in [4.69, 9.17) is 4.74 Å². The van der Waals surface area contributed by atoms with Crippen LogP contribution in [0.4, 0.5) is 5.69 Å². The van der Waals surface area contributed by atoms with Crippen molar-refractivity contribution in [1.82, 2.24) is 9.88 Å². The molecule has 1 aromatic heterocycles. The van der Waals surface area contributed by atoms with Crippen molar-refractivity contribution in [1.29, 1.82) is 0 Å². The Morgan fingerprint density at radius 1 is 1.26 bits per heavy atom. The summed E-state index contributed by atoms with van der Waals surface area (Å²) < 4.78 is 39.8. The van der Waals surface area contributed by atoms with Crippen LogP contribution in [-0.2, 0) is 24.4 Å². The molecule has 0 saturated carbocycles. The van der Waals surface area contributed by atoms with Gasteiger partial charge in [0.25, 0.3) is 16.0 Å². The summed E-state index contributed by atoms with van der Waals surface area (Å²) in [5.41, 5.74) is 1.13. The van der Waals surface area contributed by atoms with Crippen LogP contribution in [0, 0.1) is 0 Å². The lowest BCUT2D eigenvalue weighted by molar-refractivity contribution is -0.136. The monoisotopic (exact) mass is 515 g/mol. The number of fused-ring (bicyclic) bond motifs is 1. The minimum Gasteiger partial charge on any atom is -0.466 e. The molecule has 35 heavy (non-hydrogen) atoms. The second-order valence-corrected chi connectivity index (χ2v) is 9.95. The third-order valence-corrected chi connectivity index (χ3v) is 7.14. The number of methoxy groups -OCH3 is 1. The van der Waals surface area contributed by atoms with Crippen LogP contribution in [0.2, 0.25) is 0 Å². The average Bonchev–Trinajstić information content (AvgIpc) is 3.38. The number of ether oxygens (including phenoxy) is 1. The number of aliphatic hydroxyl groups is 1. The maximum Gasteiger partial charge on any atom is 0.337 e. The molecule has 3 aromatic rings. The van der Waals surface area contributed by atoms with Crippen molar-refractivity contribution >= 4 is 61.4 Å². The summed E-state index contributed by atoms with van der Waals surface area (Å²) in [6, 6.07) is 11.7. The quantitative estimate of drug-likeness (QED) is 0.304. The predicted octanol–water partition coefficient (Wildman–Crippen LogP) is 2.39. The van der Waals surface area contributed by atoms with Crippen LogP contribution < -0.4 is 5.32 Å². The summed E-state index contributed by atoms with van der Waals surface area (Å²) in [4.78, 5) is 30.2. The van der Waals surface area contributed by atoms with Gasteiger partial charge in [0, 0.05) is 12.2 Å². The fourth-order valence-corrected chi connectivity index (χ4v) is 5.17. The van der Waals surface area contributed by atoms with Crippen LogP contribution in [0.1, 0.15) is 10.6 Å². The van der Waals surface area contributed by atoms with Gasteiger partial charge in [-0.2, -0.15) is 8.42 Å². The molecule has 0 unspecified atom stereocenters. The highest BCUT2D eigenvalue weighted by Gasteiger charge is 2.34. The zero-order valence-corrected chi connectivity index (χ0v) is 20.1. The van der Waals surface area contributed by atoms with Gasteiger partial charge in [-0.15, -0.1) is 11.3 Å². The lowest BCUT2D eigenvalue weighted by Gasteiger charge is -2.15. The van der Waals surface area contributed by atoms with E-state index in [2.05, 4.69) is 10.3 Å². The number of aliphatic hydroxyl groups excluding tert-OH is 1. The fraction of sp³-hybridized carbons (Fsp3) is 0.174. The number of anilines is 1. The normalized spacial score (nSPS) is 14.4. The second-order valence-electron chi connectivity index (χ2n) is 7.50. The number of carbonyl (C=O) groups is 2. The smallest absolute Gasteiger partial charge is 0.337 e. The van der Waals surface area contributed by atoms with Crippen LogP contribution in [0.15, 0.2) is 58.6 Å². The van der Waals surface area contributed by atoms with Gasteiger partial charge in [0.1, 0.15) is 15.6 Å². The van der Waals surface area contributed by atoms with Crippen LogP contribution in [-0.4, -0.2) is 66.6 Å². The number of nitrogens with zero attached hydrogens (tertiary/aromatic N) is 2. The highest BCUT2D eigenvalue weighted by molar-refractivity contribution is 7.86. The van der Waals surface area contributed by atoms with E-state index in [0.717, 1.165) is 16.3 Å². The molecule has 3 N–H and O–H groups in total. The van der Waals surface area contributed by atoms with E-state index in [9.17, 15) is 27.7 Å². The summed E-state index contributed by atoms with van der Waals surface area (Å²) in [5, 5.41) is 12.6. The number of para-hydroxylation sites is 1. The average molecular weight is 516 g/mol. The van der Waals surface area contributed by atoms with Gasteiger partial charge in [0.05, 0.1) is 36.1 Å². The van der Waals surface area contributed by atoms with E-state index in [1.165, 1.54) is 41.6 Å². The molecule has 0 saturated heterocycles. The number of hydrogen-bond donors (Lipinski definition) is 3. The molecule has 1 aliphatic heterocycles. The number of rotatable bonds is 8. The molecular weight excluding hydrogens is 494 g/mol. The third kappa shape index (κ3) is 5.25. The molecule has 1 amide bonds. The number of hydrogen-bond acceptors (Lipinski definition) is 9. The zero-order valence-electron chi connectivity index (χ0n) is 18.5. The van der Waals surface area contributed by atoms with Gasteiger partial charge < -0.3 is 20.1 Å². The van der Waals surface area contributed by atoms with Crippen LogP contribution >= 0.6 is 11.3 Å². The standard InChI is InChI=1S/C23H21N3O7S2/c1-33-23(29)16-13-26(10-11-27)22(28)21(16)24-15-8-6-14(19(12-15)35(30,31)32)7-9-20-25-17-4-2-3-5-18(17)34-20/h2-9,12,24,27H,10-11,13H2,1H3,(H,30,31,32).